The molecule has 36 heavy (non-hydrogen) atoms. The molecule has 8 heteroatoms. The van der Waals surface area contributed by atoms with Crippen LogP contribution in [0.3, 0.4) is 0 Å². The number of halogens is 2. The highest BCUT2D eigenvalue weighted by Crippen LogP contribution is 2.32. The maximum absolute atomic E-state index is 13.6. The van der Waals surface area contributed by atoms with E-state index in [9.17, 15) is 15.0 Å². The van der Waals surface area contributed by atoms with E-state index in [2.05, 4.69) is 21.2 Å². The highest BCUT2D eigenvalue weighted by atomic mass is 79.9. The van der Waals surface area contributed by atoms with Gasteiger partial charge in [0.25, 0.3) is 0 Å². The van der Waals surface area contributed by atoms with E-state index in [0.717, 1.165) is 21.2 Å². The molecule has 6 nitrogen and oxygen atoms in total. The van der Waals surface area contributed by atoms with Crippen LogP contribution < -0.4 is 15.8 Å². The van der Waals surface area contributed by atoms with Crippen LogP contribution in [0.5, 0.6) is 5.75 Å². The SMILES string of the molecule is NC(Cc1ccc(Br)cc1)C(O)CC(Cc1cccc(Cl)c1)C(=O)NC1c2ccccc2OCC1O. The first-order valence-corrected chi connectivity index (χ1v) is 13.1. The maximum Gasteiger partial charge on any atom is 0.224 e. The first-order valence-electron chi connectivity index (χ1n) is 11.9. The molecular formula is C28H30BrClN2O4. The van der Waals surface area contributed by atoms with Crippen LogP contribution >= 0.6 is 27.5 Å². The van der Waals surface area contributed by atoms with Gasteiger partial charge in [-0.25, -0.2) is 0 Å². The number of nitrogens with one attached hydrogen (secondary N) is 1. The third kappa shape index (κ3) is 6.87. The van der Waals surface area contributed by atoms with E-state index in [1.165, 1.54) is 0 Å². The van der Waals surface area contributed by atoms with E-state index in [1.54, 1.807) is 6.07 Å². The first kappa shape index (κ1) is 26.6. The van der Waals surface area contributed by atoms with Gasteiger partial charge in [0.1, 0.15) is 18.5 Å². The number of hydrogen-bond donors (Lipinski definition) is 4. The number of fused-ring (bicyclic) bond motifs is 1. The molecule has 1 amide bonds. The summed E-state index contributed by atoms with van der Waals surface area (Å²) in [5, 5.41) is 25.2. The van der Waals surface area contributed by atoms with Gasteiger partial charge in [0, 0.05) is 27.0 Å². The topological polar surface area (TPSA) is 105 Å². The molecule has 1 heterocycles. The van der Waals surface area contributed by atoms with Crippen molar-refractivity contribution in [1.29, 1.82) is 0 Å². The number of nitrogens with two attached hydrogens (primary N) is 1. The zero-order chi connectivity index (χ0) is 25.7. The van der Waals surface area contributed by atoms with Gasteiger partial charge < -0.3 is 26.0 Å². The number of carbonyl (C=O) groups excluding carboxylic acids is 1. The van der Waals surface area contributed by atoms with E-state index in [4.69, 9.17) is 22.1 Å². The standard InChI is InChI=1S/C28H30BrClN2O4/c29-20-10-8-17(9-11-20)14-23(31)24(33)15-19(12-18-4-3-5-21(30)13-18)28(35)32-27-22-6-1-2-7-26(22)36-16-25(27)34/h1-11,13,19,23-25,27,33-34H,12,14-16,31H2,(H,32,35). The highest BCUT2D eigenvalue weighted by molar-refractivity contribution is 9.10. The third-order valence-corrected chi connectivity index (χ3v) is 7.26. The average molecular weight is 574 g/mol. The van der Waals surface area contributed by atoms with Crippen molar-refractivity contribution in [3.05, 3.63) is 99.0 Å². The molecule has 0 saturated heterocycles. The molecule has 1 aliphatic rings. The van der Waals surface area contributed by atoms with Crippen molar-refractivity contribution in [3.8, 4) is 5.75 Å². The number of para-hydroxylation sites is 1. The van der Waals surface area contributed by atoms with E-state index in [-0.39, 0.29) is 18.9 Å². The Balaban J connectivity index is 1.51. The molecule has 5 unspecified atom stereocenters. The zero-order valence-electron chi connectivity index (χ0n) is 19.7. The van der Waals surface area contributed by atoms with Crippen molar-refractivity contribution < 1.29 is 19.7 Å². The first-order chi connectivity index (χ1) is 17.3. The fraction of sp³-hybridized carbons (Fsp3) is 0.321. The number of amides is 1. The Kier molecular flexibility index (Phi) is 9.04. The number of carbonyl (C=O) groups is 1. The summed E-state index contributed by atoms with van der Waals surface area (Å²) in [6.07, 6.45) is -0.783. The Hall–Kier alpha value is -2.42. The van der Waals surface area contributed by atoms with Gasteiger partial charge in [-0.3, -0.25) is 4.79 Å². The minimum Gasteiger partial charge on any atom is -0.490 e. The van der Waals surface area contributed by atoms with Gasteiger partial charge in [0.15, 0.2) is 0 Å². The molecule has 5 atom stereocenters. The van der Waals surface area contributed by atoms with Crippen molar-refractivity contribution in [2.75, 3.05) is 6.61 Å². The number of aliphatic hydroxyl groups excluding tert-OH is 2. The predicted molar refractivity (Wildman–Crippen MR) is 144 cm³/mol. The second-order valence-electron chi connectivity index (χ2n) is 9.23. The van der Waals surface area contributed by atoms with Crippen LogP contribution in [0.15, 0.2) is 77.3 Å². The molecule has 0 aromatic heterocycles. The lowest BCUT2D eigenvalue weighted by atomic mass is 9.88. The number of benzene rings is 3. The van der Waals surface area contributed by atoms with Gasteiger partial charge >= 0.3 is 0 Å². The normalized spacial score (nSPS) is 19.5. The van der Waals surface area contributed by atoms with Gasteiger partial charge in [-0.15, -0.1) is 0 Å². The molecule has 0 aliphatic carbocycles. The van der Waals surface area contributed by atoms with E-state index >= 15 is 0 Å². The third-order valence-electron chi connectivity index (χ3n) is 6.49. The van der Waals surface area contributed by atoms with Crippen LogP contribution in [0.1, 0.15) is 29.2 Å². The molecule has 4 rings (SSSR count). The largest absolute Gasteiger partial charge is 0.490 e. The van der Waals surface area contributed by atoms with E-state index in [0.29, 0.717) is 23.6 Å². The summed E-state index contributed by atoms with van der Waals surface area (Å²) in [5.74, 6) is -0.224. The van der Waals surface area contributed by atoms with Gasteiger partial charge in [-0.05, 0) is 60.7 Å². The van der Waals surface area contributed by atoms with Crippen molar-refractivity contribution in [1.82, 2.24) is 5.32 Å². The van der Waals surface area contributed by atoms with Gasteiger partial charge in [-0.1, -0.05) is 70.0 Å². The second kappa shape index (κ2) is 12.2. The smallest absolute Gasteiger partial charge is 0.224 e. The second-order valence-corrected chi connectivity index (χ2v) is 10.6. The minimum atomic E-state index is -0.907. The number of ether oxygens (including phenoxy) is 1. The van der Waals surface area contributed by atoms with Crippen LogP contribution in [-0.4, -0.2) is 41.0 Å². The minimum absolute atomic E-state index is 0.0849. The molecule has 0 fully saturated rings. The zero-order valence-corrected chi connectivity index (χ0v) is 22.0. The lowest BCUT2D eigenvalue weighted by Crippen LogP contribution is -2.46. The summed E-state index contributed by atoms with van der Waals surface area (Å²) in [7, 11) is 0. The summed E-state index contributed by atoms with van der Waals surface area (Å²) >= 11 is 9.60. The Morgan fingerprint density at radius 2 is 1.83 bits per heavy atom. The molecule has 3 aromatic carbocycles. The molecule has 1 aliphatic heterocycles. The molecule has 3 aromatic rings. The molecular weight excluding hydrogens is 544 g/mol. The van der Waals surface area contributed by atoms with Crippen LogP contribution in [0.4, 0.5) is 0 Å². The Morgan fingerprint density at radius 1 is 1.08 bits per heavy atom. The van der Waals surface area contributed by atoms with Crippen LogP contribution in [0.2, 0.25) is 5.02 Å². The molecule has 0 saturated carbocycles. The lowest BCUT2D eigenvalue weighted by Gasteiger charge is -2.32. The number of rotatable bonds is 9. The molecule has 190 valence electrons. The maximum atomic E-state index is 13.6. The molecule has 5 N–H and O–H groups in total. The Bertz CT molecular complexity index is 1180. The number of aliphatic hydroxyl groups is 2. The van der Waals surface area contributed by atoms with E-state index < -0.39 is 30.2 Å². The van der Waals surface area contributed by atoms with Gasteiger partial charge in [-0.2, -0.15) is 0 Å². The fourth-order valence-electron chi connectivity index (χ4n) is 4.52. The quantitative estimate of drug-likeness (QED) is 0.307. The lowest BCUT2D eigenvalue weighted by molar-refractivity contribution is -0.128. The Morgan fingerprint density at radius 3 is 2.58 bits per heavy atom. The highest BCUT2D eigenvalue weighted by Gasteiger charge is 2.33. The van der Waals surface area contributed by atoms with Crippen molar-refractivity contribution in [2.24, 2.45) is 11.7 Å². The Labute approximate surface area is 224 Å². The monoisotopic (exact) mass is 572 g/mol. The summed E-state index contributed by atoms with van der Waals surface area (Å²) < 4.78 is 6.57. The summed E-state index contributed by atoms with van der Waals surface area (Å²) in [6.45, 7) is 0.0849. The number of hydrogen-bond acceptors (Lipinski definition) is 5. The van der Waals surface area contributed by atoms with Crippen molar-refractivity contribution in [3.63, 3.8) is 0 Å². The molecule has 0 radical (unpaired) electrons. The fourth-order valence-corrected chi connectivity index (χ4v) is 5.00. The summed E-state index contributed by atoms with van der Waals surface area (Å²) in [4.78, 5) is 13.6. The molecule has 0 spiro atoms. The van der Waals surface area contributed by atoms with E-state index in [1.807, 2.05) is 66.7 Å². The van der Waals surface area contributed by atoms with Gasteiger partial charge in [0.05, 0.1) is 12.1 Å². The average Bonchev–Trinajstić information content (AvgIpc) is 2.86. The van der Waals surface area contributed by atoms with Crippen LogP contribution in [0.25, 0.3) is 0 Å². The van der Waals surface area contributed by atoms with Crippen molar-refractivity contribution >= 4 is 33.4 Å². The molecule has 0 bridgehead atoms. The summed E-state index contributed by atoms with van der Waals surface area (Å²) in [5.41, 5.74) is 8.95. The van der Waals surface area contributed by atoms with Crippen LogP contribution in [-0.2, 0) is 17.6 Å². The summed E-state index contributed by atoms with van der Waals surface area (Å²) in [6, 6.07) is 21.3. The van der Waals surface area contributed by atoms with Crippen molar-refractivity contribution in [2.45, 2.75) is 43.6 Å². The van der Waals surface area contributed by atoms with Crippen LogP contribution in [0, 0.1) is 5.92 Å². The predicted octanol–water partition coefficient (Wildman–Crippen LogP) is 4.19. The van der Waals surface area contributed by atoms with Gasteiger partial charge in [0.2, 0.25) is 5.91 Å².